The second-order valence-corrected chi connectivity index (χ2v) is 6.03. The molecule has 0 spiro atoms. The lowest BCUT2D eigenvalue weighted by Crippen LogP contribution is -2.34. The van der Waals surface area contributed by atoms with Crippen LogP contribution in [0.3, 0.4) is 0 Å². The second kappa shape index (κ2) is 6.00. The minimum atomic E-state index is -0.0428. The zero-order valence-electron chi connectivity index (χ0n) is 11.1. The molecule has 0 aliphatic carbocycles. The molecule has 0 saturated heterocycles. The van der Waals surface area contributed by atoms with Crippen molar-refractivity contribution in [1.29, 1.82) is 0 Å². The zero-order chi connectivity index (χ0) is 14.8. The molecule has 21 heavy (non-hydrogen) atoms. The molecule has 0 N–H and O–H groups in total. The van der Waals surface area contributed by atoms with Crippen LogP contribution in [0.4, 0.5) is 0 Å². The molecule has 0 saturated carbocycles. The van der Waals surface area contributed by atoms with Gasteiger partial charge in [0.05, 0.1) is 6.54 Å². The molecule has 0 radical (unpaired) electrons. The summed E-state index contributed by atoms with van der Waals surface area (Å²) in [7, 11) is 0. The monoisotopic (exact) mass is 362 g/mol. The van der Waals surface area contributed by atoms with Crippen LogP contribution in [-0.4, -0.2) is 29.7 Å². The van der Waals surface area contributed by atoms with E-state index >= 15 is 0 Å². The third-order valence-electron chi connectivity index (χ3n) is 3.26. The fourth-order valence-corrected chi connectivity index (χ4v) is 2.72. The maximum Gasteiger partial charge on any atom is 0.259 e. The minimum absolute atomic E-state index is 0.0428. The SMILES string of the molecule is O=C(c1ccc(Br)cc1)N1CCN=C1c1cccc(Cl)c1. The molecule has 2 aromatic carbocycles. The Morgan fingerprint density at radius 2 is 1.95 bits per heavy atom. The largest absolute Gasteiger partial charge is 0.291 e. The van der Waals surface area contributed by atoms with E-state index in [1.165, 1.54) is 0 Å². The summed E-state index contributed by atoms with van der Waals surface area (Å²) in [6.07, 6.45) is 0. The Kier molecular flexibility index (Phi) is 4.08. The Morgan fingerprint density at radius 1 is 1.19 bits per heavy atom. The van der Waals surface area contributed by atoms with E-state index in [0.717, 1.165) is 10.0 Å². The Balaban J connectivity index is 1.90. The van der Waals surface area contributed by atoms with Gasteiger partial charge in [0.1, 0.15) is 5.84 Å². The topological polar surface area (TPSA) is 32.7 Å². The van der Waals surface area contributed by atoms with Gasteiger partial charge in [0.2, 0.25) is 0 Å². The van der Waals surface area contributed by atoms with E-state index in [0.29, 0.717) is 29.5 Å². The molecule has 0 atom stereocenters. The van der Waals surface area contributed by atoms with Gasteiger partial charge in [0.15, 0.2) is 0 Å². The van der Waals surface area contributed by atoms with Crippen LogP contribution < -0.4 is 0 Å². The molecule has 5 heteroatoms. The number of amides is 1. The van der Waals surface area contributed by atoms with Gasteiger partial charge >= 0.3 is 0 Å². The highest BCUT2D eigenvalue weighted by atomic mass is 79.9. The molecular weight excluding hydrogens is 352 g/mol. The molecule has 106 valence electrons. The summed E-state index contributed by atoms with van der Waals surface area (Å²) in [5.74, 6) is 0.643. The van der Waals surface area contributed by atoms with Gasteiger partial charge in [-0.15, -0.1) is 0 Å². The Bertz CT molecular complexity index is 712. The van der Waals surface area contributed by atoms with Gasteiger partial charge in [-0.05, 0) is 36.4 Å². The molecule has 1 aliphatic heterocycles. The number of rotatable bonds is 2. The van der Waals surface area contributed by atoms with Gasteiger partial charge in [-0.3, -0.25) is 14.7 Å². The average Bonchev–Trinajstić information content (AvgIpc) is 2.97. The van der Waals surface area contributed by atoms with E-state index in [4.69, 9.17) is 11.6 Å². The first-order chi connectivity index (χ1) is 10.1. The second-order valence-electron chi connectivity index (χ2n) is 4.68. The summed E-state index contributed by atoms with van der Waals surface area (Å²) >= 11 is 9.39. The Morgan fingerprint density at radius 3 is 2.67 bits per heavy atom. The fraction of sp³-hybridized carbons (Fsp3) is 0.125. The number of hydrogen-bond acceptors (Lipinski definition) is 2. The third kappa shape index (κ3) is 3.01. The molecule has 0 bridgehead atoms. The molecular formula is C16H12BrClN2O. The van der Waals surface area contributed by atoms with Gasteiger partial charge in [0.25, 0.3) is 5.91 Å². The first kappa shape index (κ1) is 14.3. The number of halogens is 2. The third-order valence-corrected chi connectivity index (χ3v) is 4.02. The van der Waals surface area contributed by atoms with Crippen LogP contribution in [0.1, 0.15) is 15.9 Å². The van der Waals surface area contributed by atoms with E-state index in [1.54, 1.807) is 23.1 Å². The molecule has 2 aromatic rings. The van der Waals surface area contributed by atoms with Crippen LogP contribution in [0.25, 0.3) is 0 Å². The maximum atomic E-state index is 12.6. The maximum absolute atomic E-state index is 12.6. The van der Waals surface area contributed by atoms with E-state index in [1.807, 2.05) is 30.3 Å². The summed E-state index contributed by atoms with van der Waals surface area (Å²) in [6, 6.07) is 14.7. The van der Waals surface area contributed by atoms with Gasteiger partial charge in [-0.1, -0.05) is 39.7 Å². The van der Waals surface area contributed by atoms with Gasteiger partial charge in [-0.2, -0.15) is 0 Å². The number of hydrogen-bond donors (Lipinski definition) is 0. The molecule has 0 fully saturated rings. The number of benzene rings is 2. The van der Waals surface area contributed by atoms with Crippen molar-refractivity contribution in [2.24, 2.45) is 4.99 Å². The summed E-state index contributed by atoms with van der Waals surface area (Å²) in [5, 5.41) is 0.637. The first-order valence-corrected chi connectivity index (χ1v) is 7.70. The van der Waals surface area contributed by atoms with E-state index in [9.17, 15) is 4.79 Å². The van der Waals surface area contributed by atoms with Crippen LogP contribution in [0.15, 0.2) is 58.0 Å². The van der Waals surface area contributed by atoms with Crippen molar-refractivity contribution in [1.82, 2.24) is 4.90 Å². The molecule has 3 nitrogen and oxygen atoms in total. The van der Waals surface area contributed by atoms with Gasteiger partial charge in [0, 0.05) is 27.2 Å². The van der Waals surface area contributed by atoms with Crippen LogP contribution in [0.5, 0.6) is 0 Å². The molecule has 0 unspecified atom stereocenters. The van der Waals surface area contributed by atoms with E-state index in [-0.39, 0.29) is 5.91 Å². The quantitative estimate of drug-likeness (QED) is 0.793. The molecule has 1 amide bonds. The van der Waals surface area contributed by atoms with Crippen molar-refractivity contribution in [3.05, 3.63) is 69.2 Å². The van der Waals surface area contributed by atoms with Crippen molar-refractivity contribution in [3.63, 3.8) is 0 Å². The molecule has 1 heterocycles. The van der Waals surface area contributed by atoms with Crippen molar-refractivity contribution >= 4 is 39.3 Å². The number of carbonyl (C=O) groups excluding carboxylic acids is 1. The highest BCUT2D eigenvalue weighted by Gasteiger charge is 2.25. The van der Waals surface area contributed by atoms with Crippen molar-refractivity contribution < 1.29 is 4.79 Å². The highest BCUT2D eigenvalue weighted by molar-refractivity contribution is 9.10. The Hall–Kier alpha value is -1.65. The summed E-state index contributed by atoms with van der Waals surface area (Å²) in [6.45, 7) is 1.21. The lowest BCUT2D eigenvalue weighted by molar-refractivity contribution is 0.0858. The number of carbonyl (C=O) groups is 1. The van der Waals surface area contributed by atoms with Crippen LogP contribution in [-0.2, 0) is 0 Å². The average molecular weight is 364 g/mol. The fourth-order valence-electron chi connectivity index (χ4n) is 2.27. The predicted molar refractivity (Wildman–Crippen MR) is 88.0 cm³/mol. The van der Waals surface area contributed by atoms with Crippen LogP contribution in [0, 0.1) is 0 Å². The predicted octanol–water partition coefficient (Wildman–Crippen LogP) is 4.01. The van der Waals surface area contributed by atoms with Gasteiger partial charge < -0.3 is 0 Å². The summed E-state index contributed by atoms with van der Waals surface area (Å²) in [4.78, 5) is 18.8. The smallest absolute Gasteiger partial charge is 0.259 e. The van der Waals surface area contributed by atoms with E-state index < -0.39 is 0 Å². The normalized spacial score (nSPS) is 14.2. The van der Waals surface area contributed by atoms with Crippen LogP contribution >= 0.6 is 27.5 Å². The summed E-state index contributed by atoms with van der Waals surface area (Å²) < 4.78 is 0.948. The minimum Gasteiger partial charge on any atom is -0.291 e. The molecule has 3 rings (SSSR count). The van der Waals surface area contributed by atoms with Crippen molar-refractivity contribution in [3.8, 4) is 0 Å². The first-order valence-electron chi connectivity index (χ1n) is 6.53. The molecule has 0 aromatic heterocycles. The van der Waals surface area contributed by atoms with Crippen molar-refractivity contribution in [2.75, 3.05) is 13.1 Å². The van der Waals surface area contributed by atoms with Gasteiger partial charge in [-0.25, -0.2) is 0 Å². The zero-order valence-corrected chi connectivity index (χ0v) is 13.4. The number of amidine groups is 1. The van der Waals surface area contributed by atoms with Crippen molar-refractivity contribution in [2.45, 2.75) is 0 Å². The number of aliphatic imine (C=N–C) groups is 1. The molecule has 1 aliphatic rings. The van der Waals surface area contributed by atoms with E-state index in [2.05, 4.69) is 20.9 Å². The number of nitrogens with zero attached hydrogens (tertiary/aromatic N) is 2. The Labute approximate surface area is 136 Å². The lowest BCUT2D eigenvalue weighted by Gasteiger charge is -2.18. The lowest BCUT2D eigenvalue weighted by atomic mass is 10.1. The standard InChI is InChI=1S/C16H12BrClN2O/c17-13-6-4-11(5-7-13)16(21)20-9-8-19-15(20)12-2-1-3-14(18)10-12/h1-7,10H,8-9H2. The van der Waals surface area contributed by atoms with Crippen LogP contribution in [0.2, 0.25) is 5.02 Å². The summed E-state index contributed by atoms with van der Waals surface area (Å²) in [5.41, 5.74) is 1.51. The highest BCUT2D eigenvalue weighted by Crippen LogP contribution is 2.19.